The second-order valence-corrected chi connectivity index (χ2v) is 6.45. The van der Waals surface area contributed by atoms with Crippen molar-refractivity contribution in [3.63, 3.8) is 0 Å². The van der Waals surface area contributed by atoms with Crippen LogP contribution in [-0.2, 0) is 0 Å². The summed E-state index contributed by atoms with van der Waals surface area (Å²) in [6, 6.07) is 14.1. The molecule has 0 radical (unpaired) electrons. The Morgan fingerprint density at radius 2 is 1.57 bits per heavy atom. The van der Waals surface area contributed by atoms with E-state index in [0.29, 0.717) is 5.92 Å². The SMILES string of the molecule is Cc1ccc(NCCNc2ccc(OCC(C)C)cc2)cc1Cl. The number of nitrogens with one attached hydrogen (secondary N) is 2. The summed E-state index contributed by atoms with van der Waals surface area (Å²) < 4.78 is 5.67. The van der Waals surface area contributed by atoms with Gasteiger partial charge in [0.1, 0.15) is 5.75 Å². The van der Waals surface area contributed by atoms with Crippen molar-refractivity contribution in [2.45, 2.75) is 20.8 Å². The minimum Gasteiger partial charge on any atom is -0.493 e. The number of benzene rings is 2. The smallest absolute Gasteiger partial charge is 0.119 e. The Morgan fingerprint density at radius 1 is 0.957 bits per heavy atom. The molecule has 2 N–H and O–H groups in total. The molecule has 4 heteroatoms. The first-order valence-electron chi connectivity index (χ1n) is 8.01. The lowest BCUT2D eigenvalue weighted by atomic mass is 10.2. The van der Waals surface area contributed by atoms with Gasteiger partial charge in [0.25, 0.3) is 0 Å². The monoisotopic (exact) mass is 332 g/mol. The van der Waals surface area contributed by atoms with Crippen LogP contribution in [0.25, 0.3) is 0 Å². The van der Waals surface area contributed by atoms with Crippen LogP contribution in [0.15, 0.2) is 42.5 Å². The van der Waals surface area contributed by atoms with Crippen molar-refractivity contribution < 1.29 is 4.74 Å². The molecule has 0 saturated carbocycles. The molecule has 0 aromatic heterocycles. The lowest BCUT2D eigenvalue weighted by Crippen LogP contribution is -2.13. The Hall–Kier alpha value is -1.87. The van der Waals surface area contributed by atoms with E-state index in [2.05, 4.69) is 24.5 Å². The molecular weight excluding hydrogens is 308 g/mol. The molecule has 23 heavy (non-hydrogen) atoms. The van der Waals surface area contributed by atoms with Crippen LogP contribution in [-0.4, -0.2) is 19.7 Å². The number of aryl methyl sites for hydroxylation is 1. The van der Waals surface area contributed by atoms with Gasteiger partial charge in [-0.2, -0.15) is 0 Å². The van der Waals surface area contributed by atoms with Gasteiger partial charge in [-0.1, -0.05) is 31.5 Å². The summed E-state index contributed by atoms with van der Waals surface area (Å²) >= 11 is 6.11. The zero-order chi connectivity index (χ0) is 16.7. The van der Waals surface area contributed by atoms with Crippen LogP contribution >= 0.6 is 11.6 Å². The van der Waals surface area contributed by atoms with Crippen LogP contribution in [0.4, 0.5) is 11.4 Å². The molecule has 0 heterocycles. The summed E-state index contributed by atoms with van der Waals surface area (Å²) in [5.41, 5.74) is 3.22. The first-order chi connectivity index (χ1) is 11.0. The highest BCUT2D eigenvalue weighted by molar-refractivity contribution is 6.31. The molecule has 2 aromatic carbocycles. The molecule has 0 aliphatic rings. The first-order valence-corrected chi connectivity index (χ1v) is 8.39. The number of hydrogen-bond acceptors (Lipinski definition) is 3. The van der Waals surface area contributed by atoms with Crippen molar-refractivity contribution in [2.75, 3.05) is 30.3 Å². The van der Waals surface area contributed by atoms with Crippen LogP contribution in [0.2, 0.25) is 5.02 Å². The van der Waals surface area contributed by atoms with Crippen LogP contribution in [0, 0.1) is 12.8 Å². The Morgan fingerprint density at radius 3 is 2.17 bits per heavy atom. The van der Waals surface area contributed by atoms with Crippen LogP contribution in [0.1, 0.15) is 19.4 Å². The van der Waals surface area contributed by atoms with Gasteiger partial charge >= 0.3 is 0 Å². The molecule has 2 rings (SSSR count). The molecule has 0 bridgehead atoms. The molecule has 124 valence electrons. The third kappa shape index (κ3) is 6.03. The molecule has 3 nitrogen and oxygen atoms in total. The Balaban J connectivity index is 1.72. The fourth-order valence-corrected chi connectivity index (χ4v) is 2.23. The van der Waals surface area contributed by atoms with Gasteiger partial charge in [0.15, 0.2) is 0 Å². The fraction of sp³-hybridized carbons (Fsp3) is 0.368. The highest BCUT2D eigenvalue weighted by atomic mass is 35.5. The van der Waals surface area contributed by atoms with Gasteiger partial charge in [-0.15, -0.1) is 0 Å². The van der Waals surface area contributed by atoms with Crippen molar-refractivity contribution in [2.24, 2.45) is 5.92 Å². The van der Waals surface area contributed by atoms with E-state index in [0.717, 1.165) is 47.4 Å². The number of ether oxygens (including phenoxy) is 1. The summed E-state index contributed by atoms with van der Waals surface area (Å²) in [7, 11) is 0. The van der Waals surface area contributed by atoms with Gasteiger partial charge in [0.05, 0.1) is 6.61 Å². The lowest BCUT2D eigenvalue weighted by Gasteiger charge is -2.11. The predicted octanol–water partition coefficient (Wildman–Crippen LogP) is 5.21. The molecule has 0 saturated heterocycles. The van der Waals surface area contributed by atoms with E-state index < -0.39 is 0 Å². The minimum atomic E-state index is 0.536. The molecule has 0 unspecified atom stereocenters. The van der Waals surface area contributed by atoms with Crippen LogP contribution in [0.3, 0.4) is 0 Å². The average molecular weight is 333 g/mol. The van der Waals surface area contributed by atoms with Crippen LogP contribution < -0.4 is 15.4 Å². The standard InChI is InChI=1S/C19H25ClN2O/c1-14(2)13-23-18-8-6-16(7-9-18)21-10-11-22-17-5-4-15(3)19(20)12-17/h4-9,12,14,21-22H,10-11,13H2,1-3H3. The molecular formula is C19H25ClN2O. The van der Waals surface area contributed by atoms with Crippen LogP contribution in [0.5, 0.6) is 5.75 Å². The van der Waals surface area contributed by atoms with Gasteiger partial charge in [0, 0.05) is 29.5 Å². The predicted molar refractivity (Wildman–Crippen MR) is 99.9 cm³/mol. The van der Waals surface area contributed by atoms with E-state index in [1.54, 1.807) is 0 Å². The summed E-state index contributed by atoms with van der Waals surface area (Å²) in [5, 5.41) is 7.53. The van der Waals surface area contributed by atoms with Gasteiger partial charge < -0.3 is 15.4 Å². The topological polar surface area (TPSA) is 33.3 Å². The number of rotatable bonds is 8. The fourth-order valence-electron chi connectivity index (χ4n) is 2.05. The first kappa shape index (κ1) is 17.5. The Bertz CT molecular complexity index is 611. The third-order valence-electron chi connectivity index (χ3n) is 3.39. The van der Waals surface area contributed by atoms with E-state index >= 15 is 0 Å². The molecule has 0 atom stereocenters. The molecule has 0 aliphatic carbocycles. The number of halogens is 1. The molecule has 0 spiro atoms. The maximum absolute atomic E-state index is 6.11. The quantitative estimate of drug-likeness (QED) is 0.651. The van der Waals surface area contributed by atoms with E-state index in [9.17, 15) is 0 Å². The number of hydrogen-bond donors (Lipinski definition) is 2. The van der Waals surface area contributed by atoms with Gasteiger partial charge in [0.2, 0.25) is 0 Å². The van der Waals surface area contributed by atoms with E-state index in [1.165, 1.54) is 0 Å². The zero-order valence-corrected chi connectivity index (χ0v) is 14.8. The van der Waals surface area contributed by atoms with Gasteiger partial charge in [-0.05, 0) is 54.8 Å². The minimum absolute atomic E-state index is 0.536. The molecule has 0 fully saturated rings. The highest BCUT2D eigenvalue weighted by Gasteiger charge is 1.99. The number of anilines is 2. The zero-order valence-electron chi connectivity index (χ0n) is 14.0. The summed E-state index contributed by atoms with van der Waals surface area (Å²) in [6.45, 7) is 8.69. The van der Waals surface area contributed by atoms with E-state index in [1.807, 2.05) is 49.4 Å². The molecule has 2 aromatic rings. The Labute approximate surface area is 144 Å². The van der Waals surface area contributed by atoms with E-state index in [4.69, 9.17) is 16.3 Å². The van der Waals surface area contributed by atoms with Crippen molar-refractivity contribution in [3.05, 3.63) is 53.1 Å². The summed E-state index contributed by atoms with van der Waals surface area (Å²) in [5.74, 6) is 1.45. The molecule has 0 amide bonds. The second-order valence-electron chi connectivity index (χ2n) is 6.05. The largest absolute Gasteiger partial charge is 0.493 e. The normalized spacial score (nSPS) is 10.7. The van der Waals surface area contributed by atoms with Crippen molar-refractivity contribution in [1.82, 2.24) is 0 Å². The molecule has 0 aliphatic heterocycles. The highest BCUT2D eigenvalue weighted by Crippen LogP contribution is 2.20. The average Bonchev–Trinajstić information content (AvgIpc) is 2.54. The third-order valence-corrected chi connectivity index (χ3v) is 3.80. The maximum atomic E-state index is 6.11. The van der Waals surface area contributed by atoms with Crippen molar-refractivity contribution >= 4 is 23.0 Å². The summed E-state index contributed by atoms with van der Waals surface area (Å²) in [4.78, 5) is 0. The van der Waals surface area contributed by atoms with Crippen molar-refractivity contribution in [3.8, 4) is 5.75 Å². The van der Waals surface area contributed by atoms with Gasteiger partial charge in [-0.25, -0.2) is 0 Å². The maximum Gasteiger partial charge on any atom is 0.119 e. The lowest BCUT2D eigenvalue weighted by molar-refractivity contribution is 0.271. The second kappa shape index (κ2) is 8.68. The summed E-state index contributed by atoms with van der Waals surface area (Å²) in [6.07, 6.45) is 0. The van der Waals surface area contributed by atoms with E-state index in [-0.39, 0.29) is 0 Å². The Kier molecular flexibility index (Phi) is 6.60. The van der Waals surface area contributed by atoms with Gasteiger partial charge in [-0.3, -0.25) is 0 Å². The van der Waals surface area contributed by atoms with Crippen molar-refractivity contribution in [1.29, 1.82) is 0 Å².